The summed E-state index contributed by atoms with van der Waals surface area (Å²) in [6.07, 6.45) is 0. The van der Waals surface area contributed by atoms with Crippen LogP contribution in [0.3, 0.4) is 0 Å². The van der Waals surface area contributed by atoms with Crippen LogP contribution in [0.1, 0.15) is 11.1 Å². The van der Waals surface area contributed by atoms with Gasteiger partial charge in [-0.3, -0.25) is 0 Å². The van der Waals surface area contributed by atoms with E-state index in [-0.39, 0.29) is 0 Å². The Morgan fingerprint density at radius 2 is 0.820 bits per heavy atom. The third-order valence-corrected chi connectivity index (χ3v) is 31.2. The zero-order valence-corrected chi connectivity index (χ0v) is 52.0. The second-order valence-corrected chi connectivity index (χ2v) is 33.7. The lowest BCUT2D eigenvalue weighted by atomic mass is 9.87. The fourth-order valence-corrected chi connectivity index (χ4v) is 21.3. The molecule has 50 heavy (non-hydrogen) atoms. The molecule has 0 aromatic heterocycles. The Balaban J connectivity index is 1.81. The second-order valence-electron chi connectivity index (χ2n) is 10.8. The molecule has 0 fully saturated rings. The van der Waals surface area contributed by atoms with Gasteiger partial charge in [-0.25, -0.2) is 0 Å². The van der Waals surface area contributed by atoms with E-state index in [0.29, 0.717) is 0 Å². The van der Waals surface area contributed by atoms with Crippen molar-refractivity contribution in [2.45, 2.75) is 12.9 Å². The van der Waals surface area contributed by atoms with Gasteiger partial charge in [-0.1, -0.05) is 174 Å². The van der Waals surface area contributed by atoms with Gasteiger partial charge in [0.2, 0.25) is 0 Å². The van der Waals surface area contributed by atoms with Crippen LogP contribution in [0.4, 0.5) is 0 Å². The van der Waals surface area contributed by atoms with Crippen LogP contribution in [0.25, 0.3) is 43.1 Å². The molecule has 0 radical (unpaired) electrons. The van der Waals surface area contributed by atoms with Crippen molar-refractivity contribution in [1.29, 1.82) is 0 Å². The summed E-state index contributed by atoms with van der Waals surface area (Å²) in [5.41, 5.74) is 1.81. The Morgan fingerprint density at radius 1 is 0.380 bits per heavy atom. The van der Waals surface area contributed by atoms with E-state index in [1.165, 1.54) is 0 Å². The monoisotopic (exact) mass is 1810 g/mol. The zero-order valence-electron chi connectivity index (χ0n) is 23.4. The van der Waals surface area contributed by atoms with E-state index < -0.39 is 12.9 Å². The maximum absolute atomic E-state index is 4.36. The van der Waals surface area contributed by atoms with Crippen molar-refractivity contribution in [3.8, 4) is 0 Å². The van der Waals surface area contributed by atoms with E-state index in [1.807, 2.05) is 0 Å². The summed E-state index contributed by atoms with van der Waals surface area (Å²) in [4.78, 5) is 0. The Bertz CT molecular complexity index is 2450. The number of rotatable bonds is 4. The smallest absolute Gasteiger partial charge is 0.0740 e. The molecule has 18 heteroatoms. The number of hydrogen-bond donors (Lipinski definition) is 0. The summed E-state index contributed by atoms with van der Waals surface area (Å²) in [6, 6.07) is 17.0. The van der Waals surface area contributed by atoms with Gasteiger partial charge in [0.25, 0.3) is 0 Å². The van der Waals surface area contributed by atoms with E-state index in [1.54, 1.807) is 0 Å². The molecular formula is C32H8Br18. The lowest BCUT2D eigenvalue weighted by molar-refractivity contribution is 0.598. The lowest BCUT2D eigenvalue weighted by Crippen LogP contribution is -2.54. The van der Waals surface area contributed by atoms with Gasteiger partial charge >= 0.3 is 0 Å². The van der Waals surface area contributed by atoms with Crippen molar-refractivity contribution in [2.24, 2.45) is 0 Å². The molecule has 1 atom stereocenters. The largest absolute Gasteiger partial charge is 0.156 e. The molecule has 262 valence electrons. The summed E-state index contributed by atoms with van der Waals surface area (Å²) in [5, 5.41) is 8.15. The highest BCUT2D eigenvalue weighted by atomic mass is 80.0. The van der Waals surface area contributed by atoms with Gasteiger partial charge in [0.15, 0.2) is 2.14 Å². The van der Waals surface area contributed by atoms with Crippen molar-refractivity contribution in [3.63, 3.8) is 0 Å². The lowest BCUT2D eigenvalue weighted by Gasteiger charge is -2.52. The molecule has 0 bridgehead atoms. The van der Waals surface area contributed by atoms with Crippen molar-refractivity contribution < 1.29 is 0 Å². The highest BCUT2D eigenvalue weighted by molar-refractivity contribution is 9.40. The van der Waals surface area contributed by atoms with E-state index in [2.05, 4.69) is 335 Å². The van der Waals surface area contributed by atoms with Crippen molar-refractivity contribution >= 4 is 330 Å². The van der Waals surface area contributed by atoms with Crippen LogP contribution in [-0.4, -0.2) is 5.38 Å². The average Bonchev–Trinajstić information content (AvgIpc) is 3.04. The zero-order chi connectivity index (χ0) is 37.2. The molecule has 0 aliphatic carbocycles. The molecule has 0 saturated carbocycles. The van der Waals surface area contributed by atoms with E-state index in [0.717, 1.165) is 98.9 Å². The van der Waals surface area contributed by atoms with Gasteiger partial charge in [-0.15, -0.1) is 0 Å². The fourth-order valence-electron chi connectivity index (χ4n) is 5.86. The second kappa shape index (κ2) is 16.1. The first kappa shape index (κ1) is 44.5. The van der Waals surface area contributed by atoms with E-state index in [9.17, 15) is 0 Å². The Hall–Kier alpha value is 5.00. The van der Waals surface area contributed by atoms with Crippen LogP contribution in [0.15, 0.2) is 93.3 Å². The fraction of sp³-hybridized carbons (Fsp3) is 0.125. The first-order valence-corrected chi connectivity index (χ1v) is 27.6. The molecule has 6 aromatic carbocycles. The molecule has 0 aliphatic heterocycles. The first-order chi connectivity index (χ1) is 23.0. The van der Waals surface area contributed by atoms with Gasteiger partial charge in [0.1, 0.15) is 10.8 Å². The summed E-state index contributed by atoms with van der Waals surface area (Å²) < 4.78 is 4.23. The van der Waals surface area contributed by atoms with Crippen LogP contribution in [0, 0.1) is 0 Å². The van der Waals surface area contributed by atoms with Gasteiger partial charge in [0.05, 0.1) is 0 Å². The third-order valence-electron chi connectivity index (χ3n) is 8.18. The highest BCUT2D eigenvalue weighted by Gasteiger charge is 2.68. The SMILES string of the molecule is Brc1ccc2cc3ccccc3cc2c1C(Br)(Br)C(Br)(Br)C(Br)(c1c(Br)c(Br)c(Br)c2c(Br)c3c(Br)c(Br)c(Br)c(Br)c3c(Br)c12)C(Br)(Br)Br. The third kappa shape index (κ3) is 6.91. The number of benzene rings is 6. The standard InChI is InChI=1S/C32H8Br18/c33-13-6-5-11-7-9-3-1-2-4-10(9)8-12(11)18(13)30(44,45)31(46,47)29(43,32(48,49)50)19-14-15(22(36)26(40)25(19)39)21(35)17-16(20(14)34)23(37)27(41)28(42)24(17)38/h1-8H. The van der Waals surface area contributed by atoms with Crippen molar-refractivity contribution in [1.82, 2.24) is 0 Å². The summed E-state index contributed by atoms with van der Waals surface area (Å²) in [6.45, 7) is 0. The molecule has 0 nitrogen and oxygen atoms in total. The summed E-state index contributed by atoms with van der Waals surface area (Å²) in [5.74, 6) is 0. The van der Waals surface area contributed by atoms with Crippen LogP contribution in [0.5, 0.6) is 0 Å². The molecule has 0 aliphatic rings. The van der Waals surface area contributed by atoms with Crippen LogP contribution in [-0.2, 0) is 7.56 Å². The predicted octanol–water partition coefficient (Wildman–Crippen LogP) is 21.5. The minimum atomic E-state index is -1.15. The Labute approximate surface area is 438 Å². The molecule has 6 rings (SSSR count). The summed E-state index contributed by atoms with van der Waals surface area (Å²) >= 11 is 72.6. The number of fused-ring (bicyclic) bond motifs is 4. The Kier molecular flexibility index (Phi) is 14.4. The molecule has 6 aromatic rings. The van der Waals surface area contributed by atoms with Gasteiger partial charge in [-0.05, 0) is 189 Å². The first-order valence-electron chi connectivity index (χ1n) is 13.3. The van der Waals surface area contributed by atoms with Gasteiger partial charge < -0.3 is 0 Å². The normalized spacial score (nSPS) is 14.4. The van der Waals surface area contributed by atoms with Crippen LogP contribution in [0.2, 0.25) is 0 Å². The van der Waals surface area contributed by atoms with E-state index in [4.69, 9.17) is 0 Å². The van der Waals surface area contributed by atoms with Gasteiger partial charge in [0, 0.05) is 71.8 Å². The highest BCUT2D eigenvalue weighted by Crippen LogP contribution is 2.75. The number of hydrogen-bond acceptors (Lipinski definition) is 0. The van der Waals surface area contributed by atoms with E-state index >= 15 is 0 Å². The summed E-state index contributed by atoms with van der Waals surface area (Å²) in [7, 11) is 0. The van der Waals surface area contributed by atoms with Crippen LogP contribution < -0.4 is 0 Å². The molecule has 0 amide bonds. The quantitative estimate of drug-likeness (QED) is 0.0714. The van der Waals surface area contributed by atoms with Crippen molar-refractivity contribution in [2.75, 3.05) is 0 Å². The molecule has 0 heterocycles. The molecule has 0 spiro atoms. The Morgan fingerprint density at radius 3 is 1.32 bits per heavy atom. The minimum absolute atomic E-state index is 0.789. The molecule has 0 N–H and O–H groups in total. The molecule has 0 saturated heterocycles. The average molecular weight is 1830 g/mol. The van der Waals surface area contributed by atoms with Crippen LogP contribution >= 0.6 is 287 Å². The van der Waals surface area contributed by atoms with Gasteiger partial charge in [-0.2, -0.15) is 0 Å². The molecular weight excluding hydrogens is 1820 g/mol. The predicted molar refractivity (Wildman–Crippen MR) is 280 cm³/mol. The van der Waals surface area contributed by atoms with Crippen molar-refractivity contribution in [3.05, 3.63) is 104 Å². The minimum Gasteiger partial charge on any atom is -0.0740 e. The number of halogens is 18. The topological polar surface area (TPSA) is 0 Å². The molecule has 1 unspecified atom stereocenters. The number of alkyl halides is 8. The maximum Gasteiger partial charge on any atom is 0.156 e. The maximum atomic E-state index is 4.36.